The average Bonchev–Trinajstić information content (AvgIpc) is 2.98. The zero-order valence-electron chi connectivity index (χ0n) is 17.5. The van der Waals surface area contributed by atoms with Crippen LogP contribution in [0.5, 0.6) is 0 Å². The van der Waals surface area contributed by atoms with Crippen LogP contribution in [0.1, 0.15) is 39.5 Å². The molecule has 7 heteroatoms. The molecule has 1 heterocycles. The molecule has 30 heavy (non-hydrogen) atoms. The molecule has 0 saturated carbocycles. The monoisotopic (exact) mass is 432 g/mol. The molecule has 1 N–H and O–H groups in total. The summed E-state index contributed by atoms with van der Waals surface area (Å²) in [5, 5.41) is 2.91. The zero-order valence-corrected chi connectivity index (χ0v) is 18.3. The van der Waals surface area contributed by atoms with E-state index in [-0.39, 0.29) is 41.3 Å². The third kappa shape index (κ3) is 5.31. The predicted molar refractivity (Wildman–Crippen MR) is 115 cm³/mol. The Balaban J connectivity index is 1.54. The number of hydrogen-bond donors (Lipinski definition) is 1. The average molecular weight is 433 g/mol. The molecule has 1 aromatic carbocycles. The summed E-state index contributed by atoms with van der Waals surface area (Å²) in [5.41, 5.74) is 0. The molecule has 1 saturated heterocycles. The largest absolute Gasteiger partial charge is 0.354 e. The molecule has 2 aliphatic rings. The highest BCUT2D eigenvalue weighted by Gasteiger charge is 2.51. The van der Waals surface area contributed by atoms with Gasteiger partial charge in [0, 0.05) is 11.4 Å². The topological polar surface area (TPSA) is 66.5 Å². The van der Waals surface area contributed by atoms with Gasteiger partial charge in [-0.3, -0.25) is 19.3 Å². The standard InChI is InChI=1S/C23H29FN2O3S/c1-15(2)14-20(26-22(28)18-6-3-4-7-19(18)23(26)29)21(27)25-12-5-13-30-17-10-8-16(24)9-11-17/h3-4,8-11,15,18-20H,5-7,12-14H2,1-2H3,(H,25,27). The van der Waals surface area contributed by atoms with E-state index in [2.05, 4.69) is 5.32 Å². The number of thioether (sulfide) groups is 1. The lowest BCUT2D eigenvalue weighted by Gasteiger charge is -2.27. The summed E-state index contributed by atoms with van der Waals surface area (Å²) in [6, 6.07) is 5.57. The van der Waals surface area contributed by atoms with E-state index < -0.39 is 6.04 Å². The maximum Gasteiger partial charge on any atom is 0.243 e. The normalized spacial score (nSPS) is 21.8. The maximum atomic E-state index is 13.0. The fraction of sp³-hybridized carbons (Fsp3) is 0.522. The molecule has 0 bridgehead atoms. The summed E-state index contributed by atoms with van der Waals surface area (Å²) in [6.07, 6.45) is 6.24. The van der Waals surface area contributed by atoms with Gasteiger partial charge in [-0.15, -0.1) is 11.8 Å². The van der Waals surface area contributed by atoms with Crippen LogP contribution in [-0.4, -0.2) is 41.0 Å². The van der Waals surface area contributed by atoms with E-state index in [0.717, 1.165) is 17.1 Å². The molecule has 0 spiro atoms. The Labute approximate surface area is 181 Å². The number of fused-ring (bicyclic) bond motifs is 1. The van der Waals surface area contributed by atoms with Gasteiger partial charge in [0.2, 0.25) is 17.7 Å². The van der Waals surface area contributed by atoms with Crippen molar-refractivity contribution in [1.82, 2.24) is 10.2 Å². The zero-order chi connectivity index (χ0) is 21.7. The van der Waals surface area contributed by atoms with Crippen molar-refractivity contribution in [2.75, 3.05) is 12.3 Å². The minimum Gasteiger partial charge on any atom is -0.354 e. The first-order chi connectivity index (χ1) is 14.4. The molecule has 0 radical (unpaired) electrons. The van der Waals surface area contributed by atoms with Gasteiger partial charge in [0.15, 0.2) is 0 Å². The molecule has 162 valence electrons. The number of hydrogen-bond acceptors (Lipinski definition) is 4. The molecular formula is C23H29FN2O3S. The smallest absolute Gasteiger partial charge is 0.243 e. The van der Waals surface area contributed by atoms with Gasteiger partial charge >= 0.3 is 0 Å². The molecule has 5 nitrogen and oxygen atoms in total. The molecule has 3 atom stereocenters. The van der Waals surface area contributed by atoms with Crippen LogP contribution in [0.25, 0.3) is 0 Å². The SMILES string of the molecule is CC(C)CC(C(=O)NCCCSc1ccc(F)cc1)N1C(=O)C2CC=CCC2C1=O. The summed E-state index contributed by atoms with van der Waals surface area (Å²) < 4.78 is 13.0. The van der Waals surface area contributed by atoms with Gasteiger partial charge in [-0.2, -0.15) is 0 Å². The van der Waals surface area contributed by atoms with E-state index in [1.54, 1.807) is 23.9 Å². The lowest BCUT2D eigenvalue weighted by Crippen LogP contribution is -2.50. The highest BCUT2D eigenvalue weighted by Crippen LogP contribution is 2.37. The Hall–Kier alpha value is -2.15. The number of allylic oxidation sites excluding steroid dienone is 2. The van der Waals surface area contributed by atoms with Crippen LogP contribution >= 0.6 is 11.8 Å². The molecule has 3 amide bonds. The number of carbonyl (C=O) groups is 3. The molecule has 1 aliphatic heterocycles. The van der Waals surface area contributed by atoms with E-state index >= 15 is 0 Å². The third-order valence-electron chi connectivity index (χ3n) is 5.55. The van der Waals surface area contributed by atoms with Crippen molar-refractivity contribution < 1.29 is 18.8 Å². The first-order valence-electron chi connectivity index (χ1n) is 10.6. The fourth-order valence-corrected chi connectivity index (χ4v) is 4.88. The quantitative estimate of drug-likeness (QED) is 0.279. The Morgan fingerprint density at radius 1 is 1.13 bits per heavy atom. The van der Waals surface area contributed by atoms with Crippen molar-refractivity contribution in [2.45, 2.75) is 50.5 Å². The second kappa shape index (κ2) is 10.2. The van der Waals surface area contributed by atoms with Crippen molar-refractivity contribution in [1.29, 1.82) is 0 Å². The van der Waals surface area contributed by atoms with E-state index in [4.69, 9.17) is 0 Å². The number of halogens is 1. The lowest BCUT2D eigenvalue weighted by molar-refractivity contribution is -0.148. The summed E-state index contributed by atoms with van der Waals surface area (Å²) in [6.45, 7) is 4.44. The number of benzene rings is 1. The number of likely N-dealkylation sites (tertiary alicyclic amines) is 1. The Kier molecular flexibility index (Phi) is 7.69. The molecular weight excluding hydrogens is 403 g/mol. The van der Waals surface area contributed by atoms with Crippen LogP contribution in [0.4, 0.5) is 4.39 Å². The molecule has 1 aromatic rings. The van der Waals surface area contributed by atoms with Crippen LogP contribution < -0.4 is 5.32 Å². The number of imide groups is 1. The highest BCUT2D eigenvalue weighted by molar-refractivity contribution is 7.99. The molecule has 0 aromatic heterocycles. The first-order valence-corrected chi connectivity index (χ1v) is 11.5. The predicted octanol–water partition coefficient (Wildman–Crippen LogP) is 3.79. The number of carbonyl (C=O) groups excluding carboxylic acids is 3. The van der Waals surface area contributed by atoms with Crippen molar-refractivity contribution in [3.05, 3.63) is 42.2 Å². The fourth-order valence-electron chi connectivity index (χ4n) is 4.03. The number of amides is 3. The summed E-state index contributed by atoms with van der Waals surface area (Å²) in [5.74, 6) is -0.624. The molecule has 1 aliphatic carbocycles. The van der Waals surface area contributed by atoms with Gasteiger partial charge in [-0.05, 0) is 61.6 Å². The van der Waals surface area contributed by atoms with Crippen molar-refractivity contribution in [2.24, 2.45) is 17.8 Å². The van der Waals surface area contributed by atoms with Crippen molar-refractivity contribution >= 4 is 29.5 Å². The highest BCUT2D eigenvalue weighted by atomic mass is 32.2. The van der Waals surface area contributed by atoms with Gasteiger partial charge in [-0.25, -0.2) is 4.39 Å². The van der Waals surface area contributed by atoms with Gasteiger partial charge in [0.05, 0.1) is 11.8 Å². The summed E-state index contributed by atoms with van der Waals surface area (Å²) in [4.78, 5) is 40.9. The minimum atomic E-state index is -0.750. The minimum absolute atomic E-state index is 0.177. The second-order valence-electron chi connectivity index (χ2n) is 8.29. The van der Waals surface area contributed by atoms with Crippen LogP contribution in [0.3, 0.4) is 0 Å². The van der Waals surface area contributed by atoms with Gasteiger partial charge in [-0.1, -0.05) is 26.0 Å². The van der Waals surface area contributed by atoms with Crippen LogP contribution in [0.2, 0.25) is 0 Å². The Morgan fingerprint density at radius 3 is 2.30 bits per heavy atom. The Morgan fingerprint density at radius 2 is 1.73 bits per heavy atom. The van der Waals surface area contributed by atoms with Gasteiger partial charge < -0.3 is 5.32 Å². The van der Waals surface area contributed by atoms with Gasteiger partial charge in [0.1, 0.15) is 11.9 Å². The van der Waals surface area contributed by atoms with Crippen molar-refractivity contribution in [3.63, 3.8) is 0 Å². The molecule has 3 rings (SSSR count). The summed E-state index contributed by atoms with van der Waals surface area (Å²) in [7, 11) is 0. The number of nitrogens with one attached hydrogen (secondary N) is 1. The van der Waals surface area contributed by atoms with Crippen molar-refractivity contribution in [3.8, 4) is 0 Å². The first kappa shape index (κ1) is 22.5. The van der Waals surface area contributed by atoms with Crippen LogP contribution in [-0.2, 0) is 14.4 Å². The third-order valence-corrected chi connectivity index (χ3v) is 6.65. The Bertz CT molecular complexity index is 783. The van der Waals surface area contributed by atoms with E-state index in [1.807, 2.05) is 26.0 Å². The molecule has 1 fully saturated rings. The van der Waals surface area contributed by atoms with Crippen LogP contribution in [0, 0.1) is 23.6 Å². The maximum absolute atomic E-state index is 13.0. The van der Waals surface area contributed by atoms with E-state index in [9.17, 15) is 18.8 Å². The van der Waals surface area contributed by atoms with E-state index in [1.165, 1.54) is 17.0 Å². The lowest BCUT2D eigenvalue weighted by atomic mass is 9.85. The van der Waals surface area contributed by atoms with E-state index in [0.29, 0.717) is 25.8 Å². The van der Waals surface area contributed by atoms with Gasteiger partial charge in [0.25, 0.3) is 0 Å². The van der Waals surface area contributed by atoms with Crippen LogP contribution in [0.15, 0.2) is 41.3 Å². The number of rotatable bonds is 9. The second-order valence-corrected chi connectivity index (χ2v) is 9.46. The number of nitrogens with zero attached hydrogens (tertiary/aromatic N) is 1. The molecule has 3 unspecified atom stereocenters. The summed E-state index contributed by atoms with van der Waals surface area (Å²) >= 11 is 1.60.